The maximum absolute atomic E-state index is 12.2. The molecule has 0 aliphatic carbocycles. The summed E-state index contributed by atoms with van der Waals surface area (Å²) in [6.07, 6.45) is -0.264. The summed E-state index contributed by atoms with van der Waals surface area (Å²) in [6, 6.07) is 14.5. The first kappa shape index (κ1) is 14.1. The summed E-state index contributed by atoms with van der Waals surface area (Å²) >= 11 is 0. The first-order valence-corrected chi connectivity index (χ1v) is 7.13. The molecule has 0 bridgehead atoms. The van der Waals surface area contributed by atoms with E-state index in [0.29, 0.717) is 17.1 Å². The van der Waals surface area contributed by atoms with Gasteiger partial charge in [0.25, 0.3) is 17.9 Å². The van der Waals surface area contributed by atoms with Gasteiger partial charge in [0.05, 0.1) is 5.69 Å². The first-order chi connectivity index (χ1) is 10.7. The summed E-state index contributed by atoms with van der Waals surface area (Å²) in [7, 11) is 0. The Kier molecular flexibility index (Phi) is 3.78. The van der Waals surface area contributed by atoms with Crippen molar-refractivity contribution in [2.24, 2.45) is 0 Å². The maximum Gasteiger partial charge on any atom is 0.275 e. The Balaban J connectivity index is 1.73. The van der Waals surface area contributed by atoms with Gasteiger partial charge in [-0.15, -0.1) is 0 Å². The number of fused-ring (bicyclic) bond motifs is 1. The molecule has 5 nitrogen and oxygen atoms in total. The molecule has 0 radical (unpaired) electrons. The Labute approximate surface area is 128 Å². The molecule has 0 saturated heterocycles. The third-order valence-corrected chi connectivity index (χ3v) is 3.50. The van der Waals surface area contributed by atoms with Crippen LogP contribution in [0.25, 0.3) is 0 Å². The highest BCUT2D eigenvalue weighted by Gasteiger charge is 2.33. The third kappa shape index (κ3) is 2.79. The SMILES string of the molecule is CCc1ccc(NC(=O)[C@@H]2Oc3ccccc3NC2=O)cc1. The zero-order valence-corrected chi connectivity index (χ0v) is 12.1. The molecule has 2 amide bonds. The summed E-state index contributed by atoms with van der Waals surface area (Å²) in [5.74, 6) is -0.471. The molecule has 22 heavy (non-hydrogen) atoms. The molecule has 2 aromatic rings. The Morgan fingerprint density at radius 1 is 1.18 bits per heavy atom. The van der Waals surface area contributed by atoms with Crippen LogP contribution in [0.2, 0.25) is 0 Å². The smallest absolute Gasteiger partial charge is 0.275 e. The molecule has 0 saturated carbocycles. The van der Waals surface area contributed by atoms with Crippen molar-refractivity contribution in [3.63, 3.8) is 0 Å². The number of carbonyl (C=O) groups excluding carboxylic acids is 2. The van der Waals surface area contributed by atoms with Crippen LogP contribution in [-0.2, 0) is 16.0 Å². The molecule has 1 heterocycles. The minimum absolute atomic E-state index is 0.471. The Morgan fingerprint density at radius 2 is 1.91 bits per heavy atom. The summed E-state index contributed by atoms with van der Waals surface area (Å²) < 4.78 is 5.50. The number of rotatable bonds is 3. The number of hydrogen-bond donors (Lipinski definition) is 2. The predicted octanol–water partition coefficient (Wildman–Crippen LogP) is 2.59. The fourth-order valence-corrected chi connectivity index (χ4v) is 2.26. The number of carbonyl (C=O) groups is 2. The van der Waals surface area contributed by atoms with Gasteiger partial charge in [-0.1, -0.05) is 31.2 Å². The van der Waals surface area contributed by atoms with Crippen molar-refractivity contribution in [3.8, 4) is 5.75 Å². The molecular formula is C17H16N2O3. The van der Waals surface area contributed by atoms with E-state index in [0.717, 1.165) is 6.42 Å². The van der Waals surface area contributed by atoms with Crippen LogP contribution >= 0.6 is 0 Å². The third-order valence-electron chi connectivity index (χ3n) is 3.50. The number of amides is 2. The van der Waals surface area contributed by atoms with Crippen molar-refractivity contribution in [2.45, 2.75) is 19.4 Å². The fraction of sp³-hybridized carbons (Fsp3) is 0.176. The molecule has 3 rings (SSSR count). The van der Waals surface area contributed by atoms with Crippen LogP contribution in [0.4, 0.5) is 11.4 Å². The van der Waals surface area contributed by atoms with E-state index < -0.39 is 17.9 Å². The average Bonchev–Trinajstić information content (AvgIpc) is 2.54. The number of ether oxygens (including phenoxy) is 1. The predicted molar refractivity (Wildman–Crippen MR) is 83.9 cm³/mol. The van der Waals surface area contributed by atoms with Gasteiger partial charge in [-0.2, -0.15) is 0 Å². The molecule has 5 heteroatoms. The second-order valence-corrected chi connectivity index (χ2v) is 5.02. The Morgan fingerprint density at radius 3 is 2.64 bits per heavy atom. The summed E-state index contributed by atoms with van der Waals surface area (Å²) in [5.41, 5.74) is 2.39. The second kappa shape index (κ2) is 5.89. The van der Waals surface area contributed by atoms with E-state index in [1.807, 2.05) is 24.3 Å². The van der Waals surface area contributed by atoms with Gasteiger partial charge in [-0.3, -0.25) is 9.59 Å². The molecule has 2 N–H and O–H groups in total. The Hall–Kier alpha value is -2.82. The van der Waals surface area contributed by atoms with E-state index in [9.17, 15) is 9.59 Å². The van der Waals surface area contributed by atoms with Gasteiger partial charge < -0.3 is 15.4 Å². The molecule has 1 aliphatic heterocycles. The maximum atomic E-state index is 12.2. The minimum Gasteiger partial charge on any atom is -0.468 e. The zero-order valence-electron chi connectivity index (χ0n) is 12.1. The highest BCUT2D eigenvalue weighted by atomic mass is 16.5. The Bertz CT molecular complexity index is 710. The van der Waals surface area contributed by atoms with E-state index in [4.69, 9.17) is 4.74 Å². The van der Waals surface area contributed by atoms with Gasteiger partial charge in [-0.05, 0) is 36.2 Å². The van der Waals surface area contributed by atoms with Crippen molar-refractivity contribution in [2.75, 3.05) is 10.6 Å². The van der Waals surface area contributed by atoms with Crippen LogP contribution in [-0.4, -0.2) is 17.9 Å². The number of benzene rings is 2. The molecule has 0 unspecified atom stereocenters. The lowest BCUT2D eigenvalue weighted by atomic mass is 10.1. The molecule has 112 valence electrons. The lowest BCUT2D eigenvalue weighted by molar-refractivity contribution is -0.133. The van der Waals surface area contributed by atoms with Crippen LogP contribution in [0.3, 0.4) is 0 Å². The number of nitrogens with one attached hydrogen (secondary N) is 2. The molecule has 0 fully saturated rings. The number of para-hydroxylation sites is 2. The summed E-state index contributed by atoms with van der Waals surface area (Å²) in [6.45, 7) is 2.06. The first-order valence-electron chi connectivity index (χ1n) is 7.13. The minimum atomic E-state index is -1.19. The van der Waals surface area contributed by atoms with Gasteiger partial charge in [-0.25, -0.2) is 0 Å². The van der Waals surface area contributed by atoms with Gasteiger partial charge in [0, 0.05) is 5.69 Å². The summed E-state index contributed by atoms with van der Waals surface area (Å²) in [5, 5.41) is 5.37. The van der Waals surface area contributed by atoms with E-state index in [2.05, 4.69) is 17.6 Å². The van der Waals surface area contributed by atoms with Gasteiger partial charge in [0.15, 0.2) is 0 Å². The average molecular weight is 296 g/mol. The summed E-state index contributed by atoms with van der Waals surface area (Å²) in [4.78, 5) is 24.2. The fourth-order valence-electron chi connectivity index (χ4n) is 2.26. The van der Waals surface area contributed by atoms with Crippen LogP contribution < -0.4 is 15.4 Å². The molecule has 2 aromatic carbocycles. The van der Waals surface area contributed by atoms with Crippen LogP contribution in [0, 0.1) is 0 Å². The van der Waals surface area contributed by atoms with Crippen molar-refractivity contribution < 1.29 is 14.3 Å². The highest BCUT2D eigenvalue weighted by molar-refractivity contribution is 6.15. The van der Waals surface area contributed by atoms with Gasteiger partial charge in [0.2, 0.25) is 0 Å². The lowest BCUT2D eigenvalue weighted by Crippen LogP contribution is -2.45. The molecule has 1 aliphatic rings. The normalized spacial score (nSPS) is 16.2. The van der Waals surface area contributed by atoms with Crippen LogP contribution in [0.1, 0.15) is 12.5 Å². The number of aryl methyl sites for hydroxylation is 1. The zero-order chi connectivity index (χ0) is 15.5. The van der Waals surface area contributed by atoms with E-state index in [1.54, 1.807) is 24.3 Å². The molecular weight excluding hydrogens is 280 g/mol. The highest BCUT2D eigenvalue weighted by Crippen LogP contribution is 2.29. The monoisotopic (exact) mass is 296 g/mol. The van der Waals surface area contributed by atoms with Crippen molar-refractivity contribution in [3.05, 3.63) is 54.1 Å². The van der Waals surface area contributed by atoms with E-state index in [-0.39, 0.29) is 0 Å². The second-order valence-electron chi connectivity index (χ2n) is 5.02. The number of anilines is 2. The standard InChI is InChI=1S/C17H16N2O3/c1-2-11-7-9-12(10-8-11)18-16(20)15-17(21)19-13-5-3-4-6-14(13)22-15/h3-10,15H,2H2,1H3,(H,18,20)(H,19,21)/t15-/m0/s1. The molecule has 0 aromatic heterocycles. The largest absolute Gasteiger partial charge is 0.468 e. The molecule has 1 atom stereocenters. The van der Waals surface area contributed by atoms with Crippen molar-refractivity contribution in [1.29, 1.82) is 0 Å². The van der Waals surface area contributed by atoms with Gasteiger partial charge >= 0.3 is 0 Å². The van der Waals surface area contributed by atoms with E-state index >= 15 is 0 Å². The van der Waals surface area contributed by atoms with Gasteiger partial charge in [0.1, 0.15) is 5.75 Å². The lowest BCUT2D eigenvalue weighted by Gasteiger charge is -2.24. The van der Waals surface area contributed by atoms with Crippen LogP contribution in [0.15, 0.2) is 48.5 Å². The van der Waals surface area contributed by atoms with Crippen molar-refractivity contribution >= 4 is 23.2 Å². The van der Waals surface area contributed by atoms with Crippen LogP contribution in [0.5, 0.6) is 5.75 Å². The molecule has 0 spiro atoms. The van der Waals surface area contributed by atoms with E-state index in [1.165, 1.54) is 5.56 Å². The van der Waals surface area contributed by atoms with Crippen molar-refractivity contribution in [1.82, 2.24) is 0 Å². The quantitative estimate of drug-likeness (QED) is 0.855. The number of hydrogen-bond acceptors (Lipinski definition) is 3. The topological polar surface area (TPSA) is 67.4 Å².